The molecule has 0 amide bonds. The van der Waals surface area contributed by atoms with E-state index in [2.05, 4.69) is 21.2 Å². The van der Waals surface area contributed by atoms with Crippen LogP contribution >= 0.6 is 27.3 Å². The summed E-state index contributed by atoms with van der Waals surface area (Å²) in [5, 5.41) is 4.91. The number of anilines is 1. The van der Waals surface area contributed by atoms with E-state index >= 15 is 0 Å². The zero-order valence-corrected chi connectivity index (χ0v) is 11.5. The predicted octanol–water partition coefficient (Wildman–Crippen LogP) is 5.14. The second-order valence-corrected chi connectivity index (χ2v) is 5.61. The molecule has 1 aromatic carbocycles. The van der Waals surface area contributed by atoms with Crippen molar-refractivity contribution in [2.75, 3.05) is 5.32 Å². The van der Waals surface area contributed by atoms with Crippen molar-refractivity contribution in [3.8, 4) is 0 Å². The Morgan fingerprint density at radius 1 is 1.22 bits per heavy atom. The highest BCUT2D eigenvalue weighted by Crippen LogP contribution is 2.33. The Bertz CT molecular complexity index is 523. The molecular formula is C12H9BrF3NS. The lowest BCUT2D eigenvalue weighted by Gasteiger charge is -2.11. The molecular weight excluding hydrogens is 327 g/mol. The second kappa shape index (κ2) is 5.32. The molecule has 0 saturated carbocycles. The first-order chi connectivity index (χ1) is 8.45. The third kappa shape index (κ3) is 3.49. The minimum absolute atomic E-state index is 0.408. The molecule has 0 radical (unpaired) electrons. The van der Waals surface area contributed by atoms with E-state index in [0.717, 1.165) is 17.0 Å². The lowest BCUT2D eigenvalue weighted by molar-refractivity contribution is -0.137. The average Bonchev–Trinajstić information content (AvgIpc) is 2.77. The summed E-state index contributed by atoms with van der Waals surface area (Å²) in [7, 11) is 0. The largest absolute Gasteiger partial charge is 0.416 e. The van der Waals surface area contributed by atoms with Gasteiger partial charge < -0.3 is 5.32 Å². The van der Waals surface area contributed by atoms with Crippen molar-refractivity contribution in [2.45, 2.75) is 12.7 Å². The van der Waals surface area contributed by atoms with E-state index < -0.39 is 11.7 Å². The van der Waals surface area contributed by atoms with Gasteiger partial charge in [0.05, 0.1) is 5.56 Å². The number of rotatable bonds is 3. The van der Waals surface area contributed by atoms with Gasteiger partial charge in [-0.1, -0.05) is 22.0 Å². The normalized spacial score (nSPS) is 11.6. The van der Waals surface area contributed by atoms with E-state index in [9.17, 15) is 13.2 Å². The Balaban J connectivity index is 2.15. The second-order valence-electron chi connectivity index (χ2n) is 3.66. The molecule has 2 aromatic rings. The first-order valence-electron chi connectivity index (χ1n) is 5.09. The smallest absolute Gasteiger partial charge is 0.380 e. The van der Waals surface area contributed by atoms with Crippen LogP contribution in [-0.2, 0) is 12.7 Å². The third-order valence-corrected chi connectivity index (χ3v) is 3.61. The fraction of sp³-hybridized carbons (Fsp3) is 0.167. The summed E-state index contributed by atoms with van der Waals surface area (Å²) in [6.07, 6.45) is -4.33. The van der Waals surface area contributed by atoms with Crippen LogP contribution in [-0.4, -0.2) is 0 Å². The minimum Gasteiger partial charge on any atom is -0.380 e. The molecule has 0 aliphatic rings. The van der Waals surface area contributed by atoms with Crippen molar-refractivity contribution < 1.29 is 13.2 Å². The quantitative estimate of drug-likeness (QED) is 0.818. The minimum atomic E-state index is -4.33. The van der Waals surface area contributed by atoms with Gasteiger partial charge in [-0.2, -0.15) is 13.2 Å². The molecule has 1 N–H and O–H groups in total. The predicted molar refractivity (Wildman–Crippen MR) is 70.8 cm³/mol. The third-order valence-electron chi connectivity index (χ3n) is 2.27. The first-order valence-corrected chi connectivity index (χ1v) is 6.76. The number of alkyl halides is 3. The van der Waals surface area contributed by atoms with Crippen molar-refractivity contribution in [2.24, 2.45) is 0 Å². The van der Waals surface area contributed by atoms with Crippen molar-refractivity contribution in [3.05, 3.63) is 50.6 Å². The monoisotopic (exact) mass is 335 g/mol. The van der Waals surface area contributed by atoms with Gasteiger partial charge in [-0.05, 0) is 29.6 Å². The molecule has 0 fully saturated rings. The van der Waals surface area contributed by atoms with E-state index in [1.165, 1.54) is 0 Å². The maximum atomic E-state index is 12.6. The number of benzene rings is 1. The number of hydrogen-bond donors (Lipinski definition) is 1. The molecule has 6 heteroatoms. The van der Waals surface area contributed by atoms with Crippen LogP contribution in [0.5, 0.6) is 0 Å². The van der Waals surface area contributed by atoms with Crippen LogP contribution in [0.2, 0.25) is 0 Å². The molecule has 1 heterocycles. The van der Waals surface area contributed by atoms with Gasteiger partial charge in [0, 0.05) is 21.6 Å². The van der Waals surface area contributed by atoms with E-state index in [1.54, 1.807) is 17.4 Å². The summed E-state index contributed by atoms with van der Waals surface area (Å²) in [5.74, 6) is 0. The molecule has 1 nitrogen and oxygen atoms in total. The van der Waals surface area contributed by atoms with Crippen LogP contribution < -0.4 is 5.32 Å². The van der Waals surface area contributed by atoms with Crippen molar-refractivity contribution in [1.29, 1.82) is 0 Å². The Morgan fingerprint density at radius 2 is 2.00 bits per heavy atom. The number of thiophene rings is 1. The molecule has 18 heavy (non-hydrogen) atoms. The zero-order chi connectivity index (χ0) is 13.2. The average molecular weight is 336 g/mol. The Hall–Kier alpha value is -1.01. The lowest BCUT2D eigenvalue weighted by atomic mass is 10.2. The number of halogens is 4. The summed E-state index contributed by atoms with van der Waals surface area (Å²) < 4.78 is 38.3. The summed E-state index contributed by atoms with van der Waals surface area (Å²) in [5.41, 5.74) is -0.212. The molecule has 0 aliphatic heterocycles. The highest BCUT2D eigenvalue weighted by molar-refractivity contribution is 9.10. The van der Waals surface area contributed by atoms with Gasteiger partial charge in [0.25, 0.3) is 0 Å². The molecule has 0 atom stereocenters. The molecule has 0 spiro atoms. The fourth-order valence-corrected chi connectivity index (χ4v) is 2.60. The van der Waals surface area contributed by atoms with Crippen LogP contribution in [0.15, 0.2) is 40.2 Å². The molecule has 0 bridgehead atoms. The highest BCUT2D eigenvalue weighted by Gasteiger charge is 2.31. The fourth-order valence-electron chi connectivity index (χ4n) is 1.46. The summed E-state index contributed by atoms with van der Waals surface area (Å²) in [4.78, 5) is 1.07. The van der Waals surface area contributed by atoms with E-state index in [4.69, 9.17) is 0 Å². The summed E-state index contributed by atoms with van der Waals surface area (Å²) in [6, 6.07) is 7.64. The number of hydrogen-bond acceptors (Lipinski definition) is 2. The Labute approximate surface area is 115 Å². The molecule has 96 valence electrons. The maximum absolute atomic E-state index is 12.6. The Kier molecular flexibility index (Phi) is 3.97. The topological polar surface area (TPSA) is 12.0 Å². The van der Waals surface area contributed by atoms with E-state index in [0.29, 0.717) is 16.7 Å². The molecule has 0 unspecified atom stereocenters. The SMILES string of the molecule is FC(F)(F)c1cc(Br)cc(NCc2cccs2)c1. The number of nitrogens with one attached hydrogen (secondary N) is 1. The summed E-state index contributed by atoms with van der Waals surface area (Å²) >= 11 is 4.65. The highest BCUT2D eigenvalue weighted by atomic mass is 79.9. The molecule has 0 aliphatic carbocycles. The molecule has 1 aromatic heterocycles. The summed E-state index contributed by atoms with van der Waals surface area (Å²) in [6.45, 7) is 0.519. The maximum Gasteiger partial charge on any atom is 0.416 e. The van der Waals surface area contributed by atoms with Crippen LogP contribution in [0.3, 0.4) is 0 Å². The van der Waals surface area contributed by atoms with Gasteiger partial charge >= 0.3 is 6.18 Å². The van der Waals surface area contributed by atoms with Gasteiger partial charge in [0.15, 0.2) is 0 Å². The molecule has 2 rings (SSSR count). The van der Waals surface area contributed by atoms with Crippen LogP contribution in [0, 0.1) is 0 Å². The van der Waals surface area contributed by atoms with Gasteiger partial charge in [-0.25, -0.2) is 0 Å². The van der Waals surface area contributed by atoms with Gasteiger partial charge in [-0.15, -0.1) is 11.3 Å². The van der Waals surface area contributed by atoms with Crippen molar-refractivity contribution in [1.82, 2.24) is 0 Å². The van der Waals surface area contributed by atoms with Crippen LogP contribution in [0.25, 0.3) is 0 Å². The van der Waals surface area contributed by atoms with E-state index in [-0.39, 0.29) is 0 Å². The lowest BCUT2D eigenvalue weighted by Crippen LogP contribution is -2.06. The van der Waals surface area contributed by atoms with Crippen LogP contribution in [0.1, 0.15) is 10.4 Å². The van der Waals surface area contributed by atoms with Gasteiger partial charge in [0.1, 0.15) is 0 Å². The van der Waals surface area contributed by atoms with E-state index in [1.807, 2.05) is 17.5 Å². The Morgan fingerprint density at radius 3 is 2.61 bits per heavy atom. The first kappa shape index (κ1) is 13.4. The van der Waals surface area contributed by atoms with Crippen molar-refractivity contribution in [3.63, 3.8) is 0 Å². The molecule has 0 saturated heterocycles. The zero-order valence-electron chi connectivity index (χ0n) is 9.09. The van der Waals surface area contributed by atoms with Gasteiger partial charge in [0.2, 0.25) is 0 Å². The van der Waals surface area contributed by atoms with Crippen LogP contribution in [0.4, 0.5) is 18.9 Å². The van der Waals surface area contributed by atoms with Crippen molar-refractivity contribution >= 4 is 33.0 Å². The standard InChI is InChI=1S/C12H9BrF3NS/c13-9-4-8(12(14,15)16)5-10(6-9)17-7-11-2-1-3-18-11/h1-6,17H,7H2. The van der Waals surface area contributed by atoms with Gasteiger partial charge in [-0.3, -0.25) is 0 Å².